The Bertz CT molecular complexity index is 393. The number of nitrogens with one attached hydrogen (secondary N) is 1. The van der Waals surface area contributed by atoms with E-state index < -0.39 is 0 Å². The molecule has 1 unspecified atom stereocenters. The van der Waals surface area contributed by atoms with Crippen LogP contribution >= 0.6 is 11.3 Å². The first-order valence-electron chi connectivity index (χ1n) is 8.05. The van der Waals surface area contributed by atoms with Crippen LogP contribution in [0.25, 0.3) is 0 Å². The van der Waals surface area contributed by atoms with Gasteiger partial charge >= 0.3 is 0 Å². The zero-order valence-electron chi connectivity index (χ0n) is 13.1. The summed E-state index contributed by atoms with van der Waals surface area (Å²) in [4.78, 5) is 6.04. The monoisotopic (exact) mass is 296 g/mol. The number of thiazole rings is 1. The average molecular weight is 296 g/mol. The van der Waals surface area contributed by atoms with Gasteiger partial charge in [0.15, 0.2) is 0 Å². The number of rotatable bonds is 7. The van der Waals surface area contributed by atoms with Gasteiger partial charge in [0.05, 0.1) is 0 Å². The van der Waals surface area contributed by atoms with E-state index in [0.29, 0.717) is 6.04 Å². The lowest BCUT2D eigenvalue weighted by Crippen LogP contribution is -2.32. The Morgan fingerprint density at radius 2 is 2.10 bits per heavy atom. The quantitative estimate of drug-likeness (QED) is 0.810. The van der Waals surface area contributed by atoms with Crippen LogP contribution in [0.2, 0.25) is 0 Å². The van der Waals surface area contributed by atoms with E-state index in [4.69, 9.17) is 9.72 Å². The van der Waals surface area contributed by atoms with Crippen LogP contribution in [0.15, 0.2) is 6.20 Å². The van der Waals surface area contributed by atoms with Crippen molar-refractivity contribution in [2.75, 3.05) is 13.2 Å². The van der Waals surface area contributed by atoms with Crippen LogP contribution in [-0.2, 0) is 10.3 Å². The molecular formula is C16H28N2OS. The summed E-state index contributed by atoms with van der Waals surface area (Å²) in [6.45, 7) is 8.35. The van der Waals surface area contributed by atoms with Crippen molar-refractivity contribution in [1.82, 2.24) is 10.3 Å². The second-order valence-corrected chi connectivity index (χ2v) is 6.79. The molecule has 0 radical (unpaired) electrons. The molecule has 1 heterocycles. The summed E-state index contributed by atoms with van der Waals surface area (Å²) in [7, 11) is 0. The molecule has 20 heavy (non-hydrogen) atoms. The lowest BCUT2D eigenvalue weighted by Gasteiger charge is -2.35. The predicted octanol–water partition coefficient (Wildman–Crippen LogP) is 4.40. The summed E-state index contributed by atoms with van der Waals surface area (Å²) >= 11 is 1.84. The molecular weight excluding hydrogens is 268 g/mol. The Morgan fingerprint density at radius 1 is 1.35 bits per heavy atom. The third-order valence-corrected chi connectivity index (χ3v) is 5.49. The van der Waals surface area contributed by atoms with Crippen molar-refractivity contribution in [1.29, 1.82) is 0 Å². The van der Waals surface area contributed by atoms with Gasteiger partial charge in [-0.15, -0.1) is 11.3 Å². The molecule has 1 atom stereocenters. The molecule has 1 saturated carbocycles. The topological polar surface area (TPSA) is 34.2 Å². The Labute approximate surface area is 127 Å². The molecule has 1 aromatic rings. The standard InChI is InChI=1S/C16H28N2OS/c1-4-11-17-13(3)14-12-18-15(20-14)16(19-5-2)9-7-6-8-10-16/h12-13,17H,4-11H2,1-3H3. The molecule has 2 rings (SSSR count). The Kier molecular flexibility index (Phi) is 6.00. The molecule has 4 heteroatoms. The third kappa shape index (κ3) is 3.60. The first-order valence-corrected chi connectivity index (χ1v) is 8.87. The van der Waals surface area contributed by atoms with Crippen molar-refractivity contribution in [2.24, 2.45) is 0 Å². The fraction of sp³-hybridized carbons (Fsp3) is 0.812. The molecule has 1 fully saturated rings. The first-order chi connectivity index (χ1) is 9.72. The lowest BCUT2D eigenvalue weighted by molar-refractivity contribution is -0.0704. The van der Waals surface area contributed by atoms with E-state index in [1.165, 1.54) is 35.6 Å². The summed E-state index contributed by atoms with van der Waals surface area (Å²) in [5.74, 6) is 0. The van der Waals surface area contributed by atoms with Gasteiger partial charge in [0, 0.05) is 23.7 Å². The summed E-state index contributed by atoms with van der Waals surface area (Å²) in [6, 6.07) is 0.392. The molecule has 0 amide bonds. The number of hydrogen-bond donors (Lipinski definition) is 1. The molecule has 114 valence electrons. The van der Waals surface area contributed by atoms with E-state index in [-0.39, 0.29) is 5.60 Å². The van der Waals surface area contributed by atoms with Crippen molar-refractivity contribution in [3.05, 3.63) is 16.1 Å². The van der Waals surface area contributed by atoms with Crippen molar-refractivity contribution in [3.8, 4) is 0 Å². The van der Waals surface area contributed by atoms with Crippen molar-refractivity contribution >= 4 is 11.3 Å². The fourth-order valence-electron chi connectivity index (χ4n) is 2.98. The second-order valence-electron chi connectivity index (χ2n) is 5.73. The predicted molar refractivity (Wildman–Crippen MR) is 85.2 cm³/mol. The van der Waals surface area contributed by atoms with Gasteiger partial charge in [-0.25, -0.2) is 4.98 Å². The Morgan fingerprint density at radius 3 is 2.75 bits per heavy atom. The van der Waals surface area contributed by atoms with Crippen molar-refractivity contribution in [2.45, 2.75) is 70.9 Å². The molecule has 3 nitrogen and oxygen atoms in total. The first kappa shape index (κ1) is 15.9. The maximum absolute atomic E-state index is 6.16. The SMILES string of the molecule is CCCNC(C)c1cnc(C2(OCC)CCCCC2)s1. The highest BCUT2D eigenvalue weighted by Crippen LogP contribution is 2.42. The Balaban J connectivity index is 2.12. The van der Waals surface area contributed by atoms with Gasteiger partial charge in [0.2, 0.25) is 0 Å². The summed E-state index contributed by atoms with van der Waals surface area (Å²) in [6.07, 6.45) is 9.33. The molecule has 0 saturated heterocycles. The van der Waals surface area contributed by atoms with Crippen LogP contribution in [0.3, 0.4) is 0 Å². The summed E-state index contributed by atoms with van der Waals surface area (Å²) in [5.41, 5.74) is -0.0968. The number of hydrogen-bond acceptors (Lipinski definition) is 4. The van der Waals surface area contributed by atoms with Gasteiger partial charge < -0.3 is 10.1 Å². The van der Waals surface area contributed by atoms with Crippen molar-refractivity contribution < 1.29 is 4.74 Å². The normalized spacial score (nSPS) is 19.9. The van der Waals surface area contributed by atoms with Crippen LogP contribution in [0.5, 0.6) is 0 Å². The minimum Gasteiger partial charge on any atom is -0.368 e. The minimum atomic E-state index is -0.0968. The van der Waals surface area contributed by atoms with Crippen LogP contribution in [0.4, 0.5) is 0 Å². The molecule has 0 aromatic carbocycles. The summed E-state index contributed by atoms with van der Waals surface area (Å²) < 4.78 is 6.16. The third-order valence-electron chi connectivity index (χ3n) is 4.12. The lowest BCUT2D eigenvalue weighted by atomic mass is 9.85. The van der Waals surface area contributed by atoms with Gasteiger partial charge in [-0.3, -0.25) is 0 Å². The van der Waals surface area contributed by atoms with Crippen LogP contribution < -0.4 is 5.32 Å². The van der Waals surface area contributed by atoms with Crippen LogP contribution in [0.1, 0.15) is 75.2 Å². The fourth-order valence-corrected chi connectivity index (χ4v) is 4.12. The molecule has 0 bridgehead atoms. The summed E-state index contributed by atoms with van der Waals surface area (Å²) in [5, 5.41) is 4.73. The Hall–Kier alpha value is -0.450. The molecule has 0 spiro atoms. The van der Waals surface area contributed by atoms with Gasteiger partial charge in [-0.05, 0) is 39.7 Å². The smallest absolute Gasteiger partial charge is 0.125 e. The van der Waals surface area contributed by atoms with E-state index in [0.717, 1.165) is 26.0 Å². The van der Waals surface area contributed by atoms with E-state index in [2.05, 4.69) is 26.1 Å². The maximum atomic E-state index is 6.16. The zero-order valence-corrected chi connectivity index (χ0v) is 13.9. The van der Waals surface area contributed by atoms with E-state index in [1.807, 2.05) is 17.5 Å². The van der Waals surface area contributed by atoms with Crippen molar-refractivity contribution in [3.63, 3.8) is 0 Å². The van der Waals surface area contributed by atoms with E-state index in [9.17, 15) is 0 Å². The number of aromatic nitrogens is 1. The van der Waals surface area contributed by atoms with E-state index in [1.54, 1.807) is 0 Å². The largest absolute Gasteiger partial charge is 0.368 e. The highest BCUT2D eigenvalue weighted by molar-refractivity contribution is 7.11. The molecule has 1 aliphatic carbocycles. The highest BCUT2D eigenvalue weighted by atomic mass is 32.1. The zero-order chi connectivity index (χ0) is 14.4. The van der Waals surface area contributed by atoms with Gasteiger partial charge in [-0.2, -0.15) is 0 Å². The number of nitrogens with zero attached hydrogens (tertiary/aromatic N) is 1. The molecule has 1 aliphatic rings. The van der Waals surface area contributed by atoms with Gasteiger partial charge in [-0.1, -0.05) is 26.2 Å². The molecule has 1 N–H and O–H groups in total. The minimum absolute atomic E-state index is 0.0968. The van der Waals surface area contributed by atoms with E-state index >= 15 is 0 Å². The van der Waals surface area contributed by atoms with Crippen LogP contribution in [0, 0.1) is 0 Å². The molecule has 0 aliphatic heterocycles. The maximum Gasteiger partial charge on any atom is 0.125 e. The highest BCUT2D eigenvalue weighted by Gasteiger charge is 2.37. The number of ether oxygens (including phenoxy) is 1. The van der Waals surface area contributed by atoms with Gasteiger partial charge in [0.25, 0.3) is 0 Å². The average Bonchev–Trinajstić information content (AvgIpc) is 2.96. The van der Waals surface area contributed by atoms with Gasteiger partial charge in [0.1, 0.15) is 10.6 Å². The second kappa shape index (κ2) is 7.53. The molecule has 1 aromatic heterocycles. The van der Waals surface area contributed by atoms with Crippen LogP contribution in [-0.4, -0.2) is 18.1 Å².